The number of pyridine rings is 1. The van der Waals surface area contributed by atoms with Gasteiger partial charge in [0.05, 0.1) is 23.0 Å². The summed E-state index contributed by atoms with van der Waals surface area (Å²) < 4.78 is 5.52. The number of hydrogen-bond acceptors (Lipinski definition) is 3. The fourth-order valence-electron chi connectivity index (χ4n) is 1.04. The first-order chi connectivity index (χ1) is 6.29. The molecule has 2 N–H and O–H groups in total. The zero-order valence-corrected chi connectivity index (χ0v) is 7.92. The summed E-state index contributed by atoms with van der Waals surface area (Å²) in [7, 11) is 0. The number of nitrogens with zero attached hydrogens (tertiary/aromatic N) is 1. The first-order valence-corrected chi connectivity index (χ1v) is 4.68. The summed E-state index contributed by atoms with van der Waals surface area (Å²) in [5, 5.41) is 0.584. The minimum atomic E-state index is 0.364. The molecule has 1 aromatic rings. The number of rotatable bonds is 3. The van der Waals surface area contributed by atoms with Crippen molar-refractivity contribution in [2.75, 3.05) is 0 Å². The Kier molecular flexibility index (Phi) is 2.38. The molecule has 4 heteroatoms. The van der Waals surface area contributed by atoms with Crippen LogP contribution in [-0.4, -0.2) is 11.1 Å². The maximum Gasteiger partial charge on any atom is 0.139 e. The Hall–Kier alpha value is -0.800. The van der Waals surface area contributed by atoms with Crippen molar-refractivity contribution < 1.29 is 4.74 Å². The Bertz CT molecular complexity index is 312. The van der Waals surface area contributed by atoms with Crippen LogP contribution in [0.25, 0.3) is 0 Å². The van der Waals surface area contributed by atoms with Crippen LogP contribution in [0.4, 0.5) is 0 Å². The van der Waals surface area contributed by atoms with Crippen molar-refractivity contribution >= 4 is 11.6 Å². The van der Waals surface area contributed by atoms with Gasteiger partial charge in [-0.2, -0.15) is 0 Å². The molecule has 1 aliphatic carbocycles. The molecule has 1 aliphatic rings. The summed E-state index contributed by atoms with van der Waals surface area (Å²) in [6.07, 6.45) is 4.32. The Morgan fingerprint density at radius 3 is 2.92 bits per heavy atom. The largest absolute Gasteiger partial charge is 0.489 e. The first-order valence-electron chi connectivity index (χ1n) is 4.30. The van der Waals surface area contributed by atoms with E-state index in [0.29, 0.717) is 23.4 Å². The summed E-state index contributed by atoms with van der Waals surface area (Å²) in [6.45, 7) is 0.364. The molecule has 13 heavy (non-hydrogen) atoms. The van der Waals surface area contributed by atoms with Gasteiger partial charge < -0.3 is 10.5 Å². The number of aromatic nitrogens is 1. The van der Waals surface area contributed by atoms with Gasteiger partial charge >= 0.3 is 0 Å². The predicted octanol–water partition coefficient (Wildman–Crippen LogP) is 1.73. The van der Waals surface area contributed by atoms with Crippen molar-refractivity contribution in [3.8, 4) is 5.75 Å². The lowest BCUT2D eigenvalue weighted by Crippen LogP contribution is -2.02. The fourth-order valence-corrected chi connectivity index (χ4v) is 1.28. The molecule has 2 rings (SSSR count). The highest BCUT2D eigenvalue weighted by molar-refractivity contribution is 6.31. The molecule has 0 aromatic carbocycles. The Labute approximate surface area is 81.9 Å². The third-order valence-corrected chi connectivity index (χ3v) is 2.24. The molecule has 0 aliphatic heterocycles. The van der Waals surface area contributed by atoms with E-state index in [-0.39, 0.29) is 0 Å². The third kappa shape index (κ3) is 2.11. The number of halogens is 1. The van der Waals surface area contributed by atoms with Gasteiger partial charge in [0.1, 0.15) is 5.75 Å². The summed E-state index contributed by atoms with van der Waals surface area (Å²) >= 11 is 5.91. The van der Waals surface area contributed by atoms with E-state index in [1.54, 1.807) is 12.3 Å². The van der Waals surface area contributed by atoms with Gasteiger partial charge in [-0.1, -0.05) is 11.6 Å². The van der Waals surface area contributed by atoms with Crippen LogP contribution in [-0.2, 0) is 6.54 Å². The molecule has 0 bridgehead atoms. The van der Waals surface area contributed by atoms with Crippen molar-refractivity contribution in [1.82, 2.24) is 4.98 Å². The average molecular weight is 199 g/mol. The topological polar surface area (TPSA) is 48.1 Å². The molecule has 0 spiro atoms. The van der Waals surface area contributed by atoms with Crippen LogP contribution in [0.2, 0.25) is 5.02 Å². The average Bonchev–Trinajstić information content (AvgIpc) is 2.89. The van der Waals surface area contributed by atoms with Gasteiger partial charge in [-0.15, -0.1) is 0 Å². The molecule has 1 heterocycles. The molecule has 1 saturated carbocycles. The Balaban J connectivity index is 2.13. The van der Waals surface area contributed by atoms with Gasteiger partial charge in [-0.3, -0.25) is 4.98 Å². The highest BCUT2D eigenvalue weighted by Gasteiger charge is 2.23. The zero-order valence-electron chi connectivity index (χ0n) is 7.16. The number of ether oxygens (including phenoxy) is 1. The third-order valence-electron chi connectivity index (χ3n) is 1.91. The molecule has 0 amide bonds. The molecule has 0 saturated heterocycles. The maximum atomic E-state index is 5.91. The van der Waals surface area contributed by atoms with E-state index in [9.17, 15) is 0 Å². The normalized spacial score (nSPS) is 15.8. The van der Waals surface area contributed by atoms with E-state index in [1.165, 1.54) is 0 Å². The van der Waals surface area contributed by atoms with Crippen molar-refractivity contribution in [3.63, 3.8) is 0 Å². The molecule has 1 aromatic heterocycles. The van der Waals surface area contributed by atoms with Crippen molar-refractivity contribution in [2.45, 2.75) is 25.5 Å². The second-order valence-electron chi connectivity index (χ2n) is 3.12. The lowest BCUT2D eigenvalue weighted by Gasteiger charge is -2.05. The van der Waals surface area contributed by atoms with E-state index in [2.05, 4.69) is 4.98 Å². The summed E-state index contributed by atoms with van der Waals surface area (Å²) in [4.78, 5) is 4.10. The second-order valence-corrected chi connectivity index (χ2v) is 3.53. The minimum absolute atomic E-state index is 0.364. The quantitative estimate of drug-likeness (QED) is 0.805. The monoisotopic (exact) mass is 198 g/mol. The Morgan fingerprint density at radius 1 is 1.62 bits per heavy atom. The highest BCUT2D eigenvalue weighted by atomic mass is 35.5. The molecular formula is C9H11ClN2O. The van der Waals surface area contributed by atoms with Crippen LogP contribution in [0.3, 0.4) is 0 Å². The van der Waals surface area contributed by atoms with E-state index in [0.717, 1.165) is 18.6 Å². The summed E-state index contributed by atoms with van der Waals surface area (Å²) in [5.74, 6) is 0.740. The number of hydrogen-bond donors (Lipinski definition) is 1. The Morgan fingerprint density at radius 2 is 2.38 bits per heavy atom. The van der Waals surface area contributed by atoms with Crippen LogP contribution >= 0.6 is 11.6 Å². The molecule has 0 unspecified atom stereocenters. The van der Waals surface area contributed by atoms with Gasteiger partial charge in [0, 0.05) is 12.6 Å². The molecular weight excluding hydrogens is 188 g/mol. The summed E-state index contributed by atoms with van der Waals surface area (Å²) in [5.41, 5.74) is 6.14. The minimum Gasteiger partial charge on any atom is -0.489 e. The fraction of sp³-hybridized carbons (Fsp3) is 0.444. The van der Waals surface area contributed by atoms with E-state index < -0.39 is 0 Å². The van der Waals surface area contributed by atoms with Gasteiger partial charge in [0.2, 0.25) is 0 Å². The van der Waals surface area contributed by atoms with Gasteiger partial charge in [-0.05, 0) is 12.8 Å². The number of nitrogens with two attached hydrogens (primary N) is 1. The molecule has 3 nitrogen and oxygen atoms in total. The van der Waals surface area contributed by atoms with Gasteiger partial charge in [0.25, 0.3) is 0 Å². The van der Waals surface area contributed by atoms with Crippen LogP contribution in [0.1, 0.15) is 18.5 Å². The van der Waals surface area contributed by atoms with Crippen LogP contribution in [0.15, 0.2) is 12.3 Å². The molecule has 0 radical (unpaired) electrons. The van der Waals surface area contributed by atoms with Gasteiger partial charge in [0.15, 0.2) is 0 Å². The lowest BCUT2D eigenvalue weighted by molar-refractivity contribution is 0.302. The van der Waals surface area contributed by atoms with Crippen LogP contribution < -0.4 is 10.5 Å². The van der Waals surface area contributed by atoms with E-state index in [1.807, 2.05) is 0 Å². The smallest absolute Gasteiger partial charge is 0.139 e. The second kappa shape index (κ2) is 3.52. The highest BCUT2D eigenvalue weighted by Crippen LogP contribution is 2.28. The maximum absolute atomic E-state index is 5.91. The molecule has 0 atom stereocenters. The van der Waals surface area contributed by atoms with Crippen molar-refractivity contribution in [2.24, 2.45) is 5.73 Å². The SMILES string of the molecule is NCc1ncc(OC2CC2)cc1Cl. The first kappa shape index (κ1) is 8.78. The molecule has 70 valence electrons. The zero-order chi connectivity index (χ0) is 9.26. The van der Waals surface area contributed by atoms with Gasteiger partial charge in [-0.25, -0.2) is 0 Å². The summed E-state index contributed by atoms with van der Waals surface area (Å²) in [6, 6.07) is 1.77. The van der Waals surface area contributed by atoms with E-state index >= 15 is 0 Å². The van der Waals surface area contributed by atoms with Crippen molar-refractivity contribution in [3.05, 3.63) is 23.0 Å². The van der Waals surface area contributed by atoms with Crippen molar-refractivity contribution in [1.29, 1.82) is 0 Å². The van der Waals surface area contributed by atoms with Crippen LogP contribution in [0, 0.1) is 0 Å². The van der Waals surface area contributed by atoms with E-state index in [4.69, 9.17) is 22.1 Å². The standard InChI is InChI=1S/C9H11ClN2O/c10-8-3-7(13-6-1-2-6)5-12-9(8)4-11/h3,5-6H,1-2,4,11H2. The predicted molar refractivity (Wildman–Crippen MR) is 50.8 cm³/mol. The lowest BCUT2D eigenvalue weighted by atomic mass is 10.3. The van der Waals surface area contributed by atoms with Crippen LogP contribution in [0.5, 0.6) is 5.75 Å². The molecule has 1 fully saturated rings.